The lowest BCUT2D eigenvalue weighted by Crippen LogP contribution is -2.32. The van der Waals surface area contributed by atoms with Gasteiger partial charge in [-0.25, -0.2) is 0 Å². The van der Waals surface area contributed by atoms with Crippen LogP contribution < -0.4 is 0 Å². The van der Waals surface area contributed by atoms with Crippen LogP contribution in [-0.2, 0) is 9.59 Å². The smallest absolute Gasteiger partial charge is 0.159 e. The third-order valence-corrected chi connectivity index (χ3v) is 2.58. The molecule has 0 unspecified atom stereocenters. The van der Waals surface area contributed by atoms with Crippen LogP contribution in [0.25, 0.3) is 0 Å². The Morgan fingerprint density at radius 2 is 1.33 bits per heavy atom. The van der Waals surface area contributed by atoms with Gasteiger partial charge in [0.15, 0.2) is 11.6 Å². The Bertz CT molecular complexity index is 258. The number of hydrogen-bond acceptors (Lipinski definition) is 2. The highest BCUT2D eigenvalue weighted by Gasteiger charge is 2.34. The lowest BCUT2D eigenvalue weighted by Gasteiger charge is -2.26. The van der Waals surface area contributed by atoms with Gasteiger partial charge < -0.3 is 0 Å². The van der Waals surface area contributed by atoms with Gasteiger partial charge in [0.25, 0.3) is 0 Å². The minimum Gasteiger partial charge on any atom is -0.295 e. The van der Waals surface area contributed by atoms with Crippen LogP contribution in [0.5, 0.6) is 0 Å². The second kappa shape index (κ2) is 2.70. The molecule has 0 aromatic heterocycles. The molecule has 0 aliphatic heterocycles. The van der Waals surface area contributed by atoms with Crippen molar-refractivity contribution in [1.29, 1.82) is 0 Å². The van der Waals surface area contributed by atoms with Gasteiger partial charge in [-0.15, -0.1) is 0 Å². The first kappa shape index (κ1) is 7.47. The van der Waals surface area contributed by atoms with Crippen LogP contribution in [0.15, 0.2) is 24.3 Å². The molecule has 2 aliphatic rings. The lowest BCUT2D eigenvalue weighted by atomic mass is 9.75. The molecule has 62 valence electrons. The molecule has 0 heterocycles. The van der Waals surface area contributed by atoms with E-state index in [1.54, 1.807) is 0 Å². The predicted octanol–water partition coefficient (Wildman–Crippen LogP) is 1.28. The van der Waals surface area contributed by atoms with E-state index in [-0.39, 0.29) is 23.4 Å². The Labute approximate surface area is 71.0 Å². The van der Waals surface area contributed by atoms with E-state index in [1.165, 1.54) is 12.2 Å². The first-order valence-corrected chi connectivity index (χ1v) is 4.20. The van der Waals surface area contributed by atoms with Crippen molar-refractivity contribution >= 4 is 11.6 Å². The summed E-state index contributed by atoms with van der Waals surface area (Å²) in [7, 11) is 0. The van der Waals surface area contributed by atoms with Crippen molar-refractivity contribution < 1.29 is 9.59 Å². The number of hydrogen-bond donors (Lipinski definition) is 0. The Morgan fingerprint density at radius 3 is 1.75 bits per heavy atom. The number of fused-ring (bicyclic) bond motifs is 1. The van der Waals surface area contributed by atoms with Crippen molar-refractivity contribution in [2.45, 2.75) is 12.8 Å². The molecule has 0 saturated carbocycles. The average molecular weight is 162 g/mol. The molecule has 0 N–H and O–H groups in total. The third-order valence-electron chi connectivity index (χ3n) is 2.58. The number of allylic oxidation sites excluding steroid dienone is 4. The fraction of sp³-hybridized carbons (Fsp3) is 0.400. The lowest BCUT2D eigenvalue weighted by molar-refractivity contribution is -0.129. The molecule has 2 atom stereocenters. The zero-order chi connectivity index (χ0) is 8.55. The van der Waals surface area contributed by atoms with Gasteiger partial charge >= 0.3 is 0 Å². The van der Waals surface area contributed by atoms with Crippen molar-refractivity contribution in [3.63, 3.8) is 0 Å². The van der Waals surface area contributed by atoms with Gasteiger partial charge in [0, 0.05) is 11.8 Å². The maximum atomic E-state index is 11.3. The van der Waals surface area contributed by atoms with Crippen LogP contribution in [-0.4, -0.2) is 11.6 Å². The largest absolute Gasteiger partial charge is 0.295 e. The molecule has 0 spiro atoms. The standard InChI is InChI=1S/C10H10O2/c11-9-5-6-10(12)8-4-2-1-3-7(8)9/h1-2,5-8H,3-4H2/t7-,8+. The normalized spacial score (nSPS) is 33.7. The van der Waals surface area contributed by atoms with E-state index in [2.05, 4.69) is 0 Å². The minimum atomic E-state index is -0.0625. The summed E-state index contributed by atoms with van der Waals surface area (Å²) in [5.41, 5.74) is 0. The van der Waals surface area contributed by atoms with Gasteiger partial charge in [-0.1, -0.05) is 12.2 Å². The number of ketones is 2. The molecular weight excluding hydrogens is 152 g/mol. The van der Waals surface area contributed by atoms with Crippen LogP contribution in [0.2, 0.25) is 0 Å². The van der Waals surface area contributed by atoms with Crippen molar-refractivity contribution in [3.8, 4) is 0 Å². The van der Waals surface area contributed by atoms with E-state index < -0.39 is 0 Å². The predicted molar refractivity (Wildman–Crippen MR) is 44.5 cm³/mol. The molecule has 0 aromatic rings. The second-order valence-electron chi connectivity index (χ2n) is 3.29. The summed E-state index contributed by atoms with van der Waals surface area (Å²) in [5.74, 6) is 0.105. The van der Waals surface area contributed by atoms with E-state index in [4.69, 9.17) is 0 Å². The summed E-state index contributed by atoms with van der Waals surface area (Å²) in [6.45, 7) is 0. The van der Waals surface area contributed by atoms with Crippen LogP contribution in [0.3, 0.4) is 0 Å². The maximum absolute atomic E-state index is 11.3. The topological polar surface area (TPSA) is 34.1 Å². The molecule has 2 aliphatic carbocycles. The zero-order valence-corrected chi connectivity index (χ0v) is 6.69. The van der Waals surface area contributed by atoms with E-state index >= 15 is 0 Å². The van der Waals surface area contributed by atoms with E-state index in [0.29, 0.717) is 0 Å². The highest BCUT2D eigenvalue weighted by Crippen LogP contribution is 2.30. The fourth-order valence-electron chi connectivity index (χ4n) is 1.85. The van der Waals surface area contributed by atoms with Crippen molar-refractivity contribution in [3.05, 3.63) is 24.3 Å². The van der Waals surface area contributed by atoms with Gasteiger partial charge in [0.05, 0.1) is 0 Å². The van der Waals surface area contributed by atoms with Crippen LogP contribution in [0.4, 0.5) is 0 Å². The molecule has 0 aromatic carbocycles. The van der Waals surface area contributed by atoms with Gasteiger partial charge in [-0.3, -0.25) is 9.59 Å². The molecule has 0 saturated heterocycles. The Morgan fingerprint density at radius 1 is 0.917 bits per heavy atom. The minimum absolute atomic E-state index is 0.0625. The molecule has 0 amide bonds. The van der Waals surface area contributed by atoms with Crippen molar-refractivity contribution in [2.75, 3.05) is 0 Å². The summed E-state index contributed by atoms with van der Waals surface area (Å²) in [4.78, 5) is 22.6. The molecule has 12 heavy (non-hydrogen) atoms. The zero-order valence-electron chi connectivity index (χ0n) is 6.69. The van der Waals surface area contributed by atoms with Crippen LogP contribution in [0.1, 0.15) is 12.8 Å². The van der Waals surface area contributed by atoms with Crippen molar-refractivity contribution in [1.82, 2.24) is 0 Å². The van der Waals surface area contributed by atoms with Gasteiger partial charge in [0.1, 0.15) is 0 Å². The van der Waals surface area contributed by atoms with E-state index in [0.717, 1.165) is 12.8 Å². The highest BCUT2D eigenvalue weighted by atomic mass is 16.1. The third kappa shape index (κ3) is 1.04. The monoisotopic (exact) mass is 162 g/mol. The SMILES string of the molecule is O=C1C=CC(=O)[C@@H]2CC=CC[C@H]12. The number of rotatable bonds is 0. The summed E-state index contributed by atoms with van der Waals surface area (Å²) < 4.78 is 0. The molecule has 0 bridgehead atoms. The first-order chi connectivity index (χ1) is 5.79. The molecule has 2 nitrogen and oxygen atoms in total. The molecule has 0 fully saturated rings. The van der Waals surface area contributed by atoms with Crippen LogP contribution >= 0.6 is 0 Å². The summed E-state index contributed by atoms with van der Waals surface area (Å²) >= 11 is 0. The van der Waals surface area contributed by atoms with Crippen molar-refractivity contribution in [2.24, 2.45) is 11.8 Å². The Balaban J connectivity index is 2.32. The molecular formula is C10H10O2. The molecule has 2 heteroatoms. The average Bonchev–Trinajstić information content (AvgIpc) is 2.12. The van der Waals surface area contributed by atoms with Gasteiger partial charge in [-0.2, -0.15) is 0 Å². The number of carbonyl (C=O) groups excluding carboxylic acids is 2. The number of carbonyl (C=O) groups is 2. The molecule has 0 radical (unpaired) electrons. The van der Waals surface area contributed by atoms with Crippen LogP contribution in [0, 0.1) is 11.8 Å². The quantitative estimate of drug-likeness (QED) is 0.503. The summed E-state index contributed by atoms with van der Waals surface area (Å²) in [6.07, 6.45) is 8.29. The summed E-state index contributed by atoms with van der Waals surface area (Å²) in [5, 5.41) is 0. The fourth-order valence-corrected chi connectivity index (χ4v) is 1.85. The maximum Gasteiger partial charge on any atom is 0.159 e. The van der Waals surface area contributed by atoms with E-state index in [1.807, 2.05) is 12.2 Å². The Hall–Kier alpha value is -1.18. The Kier molecular flexibility index (Phi) is 1.68. The summed E-state index contributed by atoms with van der Waals surface area (Å²) in [6, 6.07) is 0. The van der Waals surface area contributed by atoms with E-state index in [9.17, 15) is 9.59 Å². The highest BCUT2D eigenvalue weighted by molar-refractivity contribution is 6.07. The first-order valence-electron chi connectivity index (χ1n) is 4.20. The second-order valence-corrected chi connectivity index (χ2v) is 3.29. The molecule has 2 rings (SSSR count). The van der Waals surface area contributed by atoms with Gasteiger partial charge in [0.2, 0.25) is 0 Å². The van der Waals surface area contributed by atoms with Gasteiger partial charge in [-0.05, 0) is 25.0 Å².